The Morgan fingerprint density at radius 3 is 2.57 bits per heavy atom. The molecule has 150 valence electrons. The average molecular weight is 417 g/mol. The molecule has 0 saturated carbocycles. The minimum atomic E-state index is -1.12. The van der Waals surface area contributed by atoms with E-state index >= 15 is 0 Å². The van der Waals surface area contributed by atoms with E-state index in [4.69, 9.17) is 4.74 Å². The Labute approximate surface area is 179 Å². The number of rotatable bonds is 4. The summed E-state index contributed by atoms with van der Waals surface area (Å²) in [4.78, 5) is 31.0. The highest BCUT2D eigenvalue weighted by Crippen LogP contribution is 2.25. The Hall–Kier alpha value is -3.58. The number of benzene rings is 3. The summed E-state index contributed by atoms with van der Waals surface area (Å²) in [7, 11) is 1.48. The van der Waals surface area contributed by atoms with Gasteiger partial charge in [-0.3, -0.25) is 9.59 Å². The van der Waals surface area contributed by atoms with Crippen molar-refractivity contribution in [3.05, 3.63) is 89.5 Å². The van der Waals surface area contributed by atoms with Gasteiger partial charge in [-0.25, -0.2) is 4.99 Å². The van der Waals surface area contributed by atoms with E-state index in [1.54, 1.807) is 18.2 Å². The van der Waals surface area contributed by atoms with Crippen molar-refractivity contribution < 1.29 is 14.3 Å². The summed E-state index contributed by atoms with van der Waals surface area (Å²) >= 11 is 4.29. The summed E-state index contributed by atoms with van der Waals surface area (Å²) < 4.78 is 5.27. The van der Waals surface area contributed by atoms with Gasteiger partial charge in [-0.1, -0.05) is 48.5 Å². The summed E-state index contributed by atoms with van der Waals surface area (Å²) in [6, 6.07) is 21.9. The molecule has 0 aliphatic carbocycles. The van der Waals surface area contributed by atoms with Gasteiger partial charge in [0.2, 0.25) is 6.17 Å². The van der Waals surface area contributed by atoms with Gasteiger partial charge in [0.15, 0.2) is 0 Å². The van der Waals surface area contributed by atoms with Gasteiger partial charge >= 0.3 is 0 Å². The van der Waals surface area contributed by atoms with Crippen LogP contribution in [0.5, 0.6) is 5.75 Å². The number of anilines is 1. The first-order valence-electron chi connectivity index (χ1n) is 9.28. The Morgan fingerprint density at radius 2 is 1.80 bits per heavy atom. The van der Waals surface area contributed by atoms with Gasteiger partial charge in [0.25, 0.3) is 11.8 Å². The quantitative estimate of drug-likeness (QED) is 0.568. The Kier molecular flexibility index (Phi) is 5.54. The number of hydrogen-bond donors (Lipinski definition) is 3. The van der Waals surface area contributed by atoms with Crippen molar-refractivity contribution in [2.75, 3.05) is 12.4 Å². The highest BCUT2D eigenvalue weighted by Gasteiger charge is 2.28. The van der Waals surface area contributed by atoms with E-state index in [9.17, 15) is 9.59 Å². The SMILES string of the molecule is COc1ccc(S)cc1C(=O)NC1N=C(c2ccccc2)c2ccccc2NC1=O. The third kappa shape index (κ3) is 3.92. The fourth-order valence-electron chi connectivity index (χ4n) is 3.26. The molecule has 0 spiro atoms. The van der Waals surface area contributed by atoms with Crippen molar-refractivity contribution in [3.8, 4) is 5.75 Å². The first-order chi connectivity index (χ1) is 14.6. The van der Waals surface area contributed by atoms with Gasteiger partial charge in [-0.2, -0.15) is 0 Å². The van der Waals surface area contributed by atoms with Crippen LogP contribution in [-0.2, 0) is 4.79 Å². The molecule has 0 radical (unpaired) electrons. The molecule has 0 saturated heterocycles. The smallest absolute Gasteiger partial charge is 0.269 e. The number of fused-ring (bicyclic) bond motifs is 1. The van der Waals surface area contributed by atoms with Crippen LogP contribution in [0.3, 0.4) is 0 Å². The standard InChI is InChI=1S/C23H19N3O3S/c1-29-19-12-11-15(30)13-17(19)22(27)26-21-23(28)24-18-10-6-5-9-16(18)20(25-21)14-7-3-2-4-8-14/h2-13,21,30H,1H3,(H,24,28)(H,26,27). The van der Waals surface area contributed by atoms with Crippen LogP contribution >= 0.6 is 12.6 Å². The van der Waals surface area contributed by atoms with E-state index in [2.05, 4.69) is 28.3 Å². The van der Waals surface area contributed by atoms with Gasteiger partial charge in [-0.15, -0.1) is 12.6 Å². The molecule has 4 rings (SSSR count). The maximum atomic E-state index is 12.9. The molecular weight excluding hydrogens is 398 g/mol. The molecule has 2 N–H and O–H groups in total. The third-order valence-corrected chi connectivity index (χ3v) is 4.97. The van der Waals surface area contributed by atoms with Crippen LogP contribution in [0.15, 0.2) is 82.7 Å². The molecule has 0 aromatic heterocycles. The van der Waals surface area contributed by atoms with Crippen LogP contribution in [0.25, 0.3) is 0 Å². The van der Waals surface area contributed by atoms with E-state index in [1.807, 2.05) is 54.6 Å². The van der Waals surface area contributed by atoms with Crippen LogP contribution in [-0.4, -0.2) is 30.8 Å². The maximum absolute atomic E-state index is 12.9. The van der Waals surface area contributed by atoms with Crippen molar-refractivity contribution in [3.63, 3.8) is 0 Å². The topological polar surface area (TPSA) is 79.8 Å². The number of hydrogen-bond acceptors (Lipinski definition) is 5. The Balaban J connectivity index is 1.74. The second-order valence-corrected chi connectivity index (χ2v) is 7.16. The number of carbonyl (C=O) groups is 2. The van der Waals surface area contributed by atoms with Crippen LogP contribution in [0, 0.1) is 0 Å². The first kappa shape index (κ1) is 19.7. The normalized spacial score (nSPS) is 15.3. The predicted octanol–water partition coefficient (Wildman–Crippen LogP) is 3.53. The lowest BCUT2D eigenvalue weighted by Gasteiger charge is -2.15. The van der Waals surface area contributed by atoms with Crippen molar-refractivity contribution >= 4 is 35.8 Å². The Bertz CT molecular complexity index is 1150. The van der Waals surface area contributed by atoms with E-state index in [0.29, 0.717) is 22.0 Å². The fraction of sp³-hybridized carbons (Fsp3) is 0.0870. The number of nitrogens with one attached hydrogen (secondary N) is 2. The molecule has 1 unspecified atom stereocenters. The zero-order chi connectivity index (χ0) is 21.1. The van der Waals surface area contributed by atoms with Gasteiger partial charge in [0.05, 0.1) is 24.1 Å². The first-order valence-corrected chi connectivity index (χ1v) is 9.73. The van der Waals surface area contributed by atoms with Crippen molar-refractivity contribution in [1.29, 1.82) is 0 Å². The number of para-hydroxylation sites is 1. The summed E-state index contributed by atoms with van der Waals surface area (Å²) in [6.45, 7) is 0. The van der Waals surface area contributed by atoms with E-state index in [1.165, 1.54) is 7.11 Å². The van der Waals surface area contributed by atoms with Crippen molar-refractivity contribution in [2.45, 2.75) is 11.1 Å². The molecule has 6 nitrogen and oxygen atoms in total. The minimum absolute atomic E-state index is 0.274. The molecule has 0 fully saturated rings. The monoisotopic (exact) mass is 417 g/mol. The lowest BCUT2D eigenvalue weighted by Crippen LogP contribution is -2.42. The lowest BCUT2D eigenvalue weighted by molar-refractivity contribution is -0.117. The van der Waals surface area contributed by atoms with Crippen LogP contribution in [0.4, 0.5) is 5.69 Å². The molecule has 0 bridgehead atoms. The van der Waals surface area contributed by atoms with Crippen molar-refractivity contribution in [2.24, 2.45) is 4.99 Å². The Morgan fingerprint density at radius 1 is 1.07 bits per heavy atom. The van der Waals surface area contributed by atoms with Gasteiger partial charge in [-0.05, 0) is 24.3 Å². The summed E-state index contributed by atoms with van der Waals surface area (Å²) in [5.74, 6) is -0.525. The number of nitrogens with zero attached hydrogens (tertiary/aromatic N) is 1. The highest BCUT2D eigenvalue weighted by atomic mass is 32.1. The molecule has 30 heavy (non-hydrogen) atoms. The molecule has 1 atom stereocenters. The number of carbonyl (C=O) groups excluding carboxylic acids is 2. The predicted molar refractivity (Wildman–Crippen MR) is 119 cm³/mol. The van der Waals surface area contributed by atoms with Gasteiger partial charge in [0, 0.05) is 16.0 Å². The minimum Gasteiger partial charge on any atom is -0.496 e. The zero-order valence-electron chi connectivity index (χ0n) is 16.1. The second-order valence-electron chi connectivity index (χ2n) is 6.64. The molecule has 3 aromatic rings. The largest absolute Gasteiger partial charge is 0.496 e. The molecule has 2 amide bonds. The number of methoxy groups -OCH3 is 1. The molecule has 1 aliphatic rings. The lowest BCUT2D eigenvalue weighted by atomic mass is 10.0. The van der Waals surface area contributed by atoms with Gasteiger partial charge in [0.1, 0.15) is 5.75 Å². The number of thiol groups is 1. The fourth-order valence-corrected chi connectivity index (χ4v) is 3.46. The summed E-state index contributed by atoms with van der Waals surface area (Å²) in [5, 5.41) is 5.56. The van der Waals surface area contributed by atoms with Crippen LogP contribution in [0.2, 0.25) is 0 Å². The maximum Gasteiger partial charge on any atom is 0.269 e. The van der Waals surface area contributed by atoms with Crippen molar-refractivity contribution in [1.82, 2.24) is 5.32 Å². The number of benzodiazepines with no additional fused rings is 1. The summed E-state index contributed by atoms with van der Waals surface area (Å²) in [6.07, 6.45) is -1.12. The molecule has 1 heterocycles. The molecule has 1 aliphatic heterocycles. The van der Waals surface area contributed by atoms with E-state index in [-0.39, 0.29) is 5.56 Å². The second kappa shape index (κ2) is 8.42. The van der Waals surface area contributed by atoms with E-state index in [0.717, 1.165) is 11.1 Å². The van der Waals surface area contributed by atoms with E-state index < -0.39 is 18.0 Å². The third-order valence-electron chi connectivity index (χ3n) is 4.69. The van der Waals surface area contributed by atoms with Crippen LogP contribution in [0.1, 0.15) is 21.5 Å². The average Bonchev–Trinajstić information content (AvgIpc) is 2.90. The van der Waals surface area contributed by atoms with Crippen LogP contribution < -0.4 is 15.4 Å². The highest BCUT2D eigenvalue weighted by molar-refractivity contribution is 7.80. The molecule has 7 heteroatoms. The number of ether oxygens (including phenoxy) is 1. The number of aliphatic imine (C=N–C) groups is 1. The zero-order valence-corrected chi connectivity index (χ0v) is 17.0. The molecular formula is C23H19N3O3S. The molecule has 3 aromatic carbocycles. The van der Waals surface area contributed by atoms with Gasteiger partial charge < -0.3 is 15.4 Å². The number of amides is 2. The summed E-state index contributed by atoms with van der Waals surface area (Å²) in [5.41, 5.74) is 3.15.